The molecular formula is C21H25NO4. The second-order valence-corrected chi connectivity index (χ2v) is 6.46. The third kappa shape index (κ3) is 4.63. The molecule has 5 heteroatoms. The van der Waals surface area contributed by atoms with Gasteiger partial charge >= 0.3 is 5.97 Å². The van der Waals surface area contributed by atoms with Crippen LogP contribution in [0.5, 0.6) is 5.75 Å². The maximum atomic E-state index is 12.4. The summed E-state index contributed by atoms with van der Waals surface area (Å²) in [6.07, 6.45) is -0.921. The Balaban J connectivity index is 2.06. The predicted octanol–water partition coefficient (Wildman–Crippen LogP) is 4.31. The number of carbonyl (C=O) groups is 2. The van der Waals surface area contributed by atoms with Gasteiger partial charge in [0.1, 0.15) is 5.75 Å². The summed E-state index contributed by atoms with van der Waals surface area (Å²) in [5.74, 6) is -0.0691. The van der Waals surface area contributed by atoms with Crippen LogP contribution < -0.4 is 10.1 Å². The largest absolute Gasteiger partial charge is 0.496 e. The van der Waals surface area contributed by atoms with Crippen LogP contribution in [0.25, 0.3) is 0 Å². The molecule has 0 radical (unpaired) electrons. The van der Waals surface area contributed by atoms with Crippen LogP contribution in [0.1, 0.15) is 48.2 Å². The van der Waals surface area contributed by atoms with E-state index in [0.29, 0.717) is 11.3 Å². The van der Waals surface area contributed by atoms with Gasteiger partial charge in [0.15, 0.2) is 6.10 Å². The fourth-order valence-corrected chi connectivity index (χ4v) is 2.58. The predicted molar refractivity (Wildman–Crippen MR) is 102 cm³/mol. The number of hydrogen-bond donors (Lipinski definition) is 1. The molecule has 0 spiro atoms. The minimum atomic E-state index is -0.921. The van der Waals surface area contributed by atoms with E-state index >= 15 is 0 Å². The minimum absolute atomic E-state index is 0.268. The van der Waals surface area contributed by atoms with Crippen molar-refractivity contribution in [1.29, 1.82) is 0 Å². The van der Waals surface area contributed by atoms with E-state index in [1.54, 1.807) is 32.2 Å². The van der Waals surface area contributed by atoms with Crippen molar-refractivity contribution in [2.45, 2.75) is 39.7 Å². The van der Waals surface area contributed by atoms with Crippen LogP contribution in [0.2, 0.25) is 0 Å². The van der Waals surface area contributed by atoms with Crippen LogP contribution >= 0.6 is 0 Å². The maximum Gasteiger partial charge on any atom is 0.339 e. The summed E-state index contributed by atoms with van der Waals surface area (Å²) in [5.41, 5.74) is 3.02. The third-order valence-corrected chi connectivity index (χ3v) is 4.14. The van der Waals surface area contributed by atoms with E-state index < -0.39 is 12.1 Å². The number of anilines is 1. The van der Waals surface area contributed by atoms with E-state index in [4.69, 9.17) is 9.47 Å². The fraction of sp³-hybridized carbons (Fsp3) is 0.333. The Morgan fingerprint density at radius 1 is 1.04 bits per heavy atom. The number of hydrogen-bond acceptors (Lipinski definition) is 4. The average Bonchev–Trinajstić information content (AvgIpc) is 2.62. The van der Waals surface area contributed by atoms with Crippen molar-refractivity contribution >= 4 is 17.6 Å². The lowest BCUT2D eigenvalue weighted by Crippen LogP contribution is -2.30. The van der Waals surface area contributed by atoms with Gasteiger partial charge in [0.05, 0.1) is 12.7 Å². The number of amides is 1. The number of methoxy groups -OCH3 is 1. The van der Waals surface area contributed by atoms with E-state index in [0.717, 1.165) is 16.8 Å². The van der Waals surface area contributed by atoms with Crippen molar-refractivity contribution in [3.63, 3.8) is 0 Å². The number of carbonyl (C=O) groups excluding carboxylic acids is 2. The Kier molecular flexibility index (Phi) is 6.39. The number of ether oxygens (including phenoxy) is 2. The van der Waals surface area contributed by atoms with Gasteiger partial charge in [-0.05, 0) is 49.1 Å². The topological polar surface area (TPSA) is 64.6 Å². The second-order valence-electron chi connectivity index (χ2n) is 6.46. The highest BCUT2D eigenvalue weighted by Crippen LogP contribution is 2.24. The monoisotopic (exact) mass is 355 g/mol. The van der Waals surface area contributed by atoms with Crippen LogP contribution in [-0.4, -0.2) is 25.1 Å². The number of rotatable bonds is 6. The molecule has 2 aromatic rings. The summed E-state index contributed by atoms with van der Waals surface area (Å²) in [6.45, 7) is 7.55. The molecule has 2 rings (SSSR count). The second kappa shape index (κ2) is 8.52. The van der Waals surface area contributed by atoms with Gasteiger partial charge in [0.25, 0.3) is 5.91 Å². The van der Waals surface area contributed by atoms with Crippen molar-refractivity contribution in [3.05, 3.63) is 59.2 Å². The Morgan fingerprint density at radius 3 is 2.38 bits per heavy atom. The fourth-order valence-electron chi connectivity index (χ4n) is 2.58. The summed E-state index contributed by atoms with van der Waals surface area (Å²) in [6, 6.07) is 12.6. The number of benzene rings is 2. The molecule has 2 aromatic carbocycles. The van der Waals surface area contributed by atoms with Crippen LogP contribution in [0.4, 0.5) is 5.69 Å². The zero-order chi connectivity index (χ0) is 19.3. The van der Waals surface area contributed by atoms with E-state index in [-0.39, 0.29) is 11.8 Å². The van der Waals surface area contributed by atoms with Gasteiger partial charge in [-0.1, -0.05) is 38.1 Å². The first-order valence-corrected chi connectivity index (χ1v) is 8.59. The maximum absolute atomic E-state index is 12.4. The van der Waals surface area contributed by atoms with E-state index in [1.165, 1.54) is 0 Å². The first kappa shape index (κ1) is 19.5. The van der Waals surface area contributed by atoms with Crippen molar-refractivity contribution in [1.82, 2.24) is 0 Å². The van der Waals surface area contributed by atoms with Gasteiger partial charge in [-0.15, -0.1) is 0 Å². The van der Waals surface area contributed by atoms with Crippen LogP contribution in [0.3, 0.4) is 0 Å². The SMILES string of the molecule is COc1cc(C(=O)O[C@@H](C)C(=O)Nc2ccccc2C(C)C)ccc1C. The molecule has 0 aliphatic rings. The summed E-state index contributed by atoms with van der Waals surface area (Å²) >= 11 is 0. The Morgan fingerprint density at radius 2 is 1.73 bits per heavy atom. The summed E-state index contributed by atoms with van der Waals surface area (Å²) in [5, 5.41) is 2.84. The van der Waals surface area contributed by atoms with Crippen molar-refractivity contribution < 1.29 is 19.1 Å². The zero-order valence-electron chi connectivity index (χ0n) is 15.8. The Labute approximate surface area is 154 Å². The molecule has 0 aliphatic heterocycles. The van der Waals surface area contributed by atoms with Gasteiger partial charge in [0.2, 0.25) is 0 Å². The van der Waals surface area contributed by atoms with Crippen molar-refractivity contribution in [2.24, 2.45) is 0 Å². The van der Waals surface area contributed by atoms with Crippen LogP contribution in [0.15, 0.2) is 42.5 Å². The molecule has 5 nitrogen and oxygen atoms in total. The molecule has 0 bridgehead atoms. The lowest BCUT2D eigenvalue weighted by molar-refractivity contribution is -0.123. The summed E-state index contributed by atoms with van der Waals surface area (Å²) in [4.78, 5) is 24.7. The number of esters is 1. The molecular weight excluding hydrogens is 330 g/mol. The van der Waals surface area contributed by atoms with E-state index in [9.17, 15) is 9.59 Å². The molecule has 0 aromatic heterocycles. The molecule has 26 heavy (non-hydrogen) atoms. The third-order valence-electron chi connectivity index (χ3n) is 4.14. The smallest absolute Gasteiger partial charge is 0.339 e. The first-order chi connectivity index (χ1) is 12.3. The van der Waals surface area contributed by atoms with Gasteiger partial charge in [0, 0.05) is 5.69 Å². The normalized spacial score (nSPS) is 11.8. The van der Waals surface area contributed by atoms with Crippen LogP contribution in [-0.2, 0) is 9.53 Å². The molecule has 0 saturated heterocycles. The highest BCUT2D eigenvalue weighted by Gasteiger charge is 2.20. The van der Waals surface area contributed by atoms with Gasteiger partial charge < -0.3 is 14.8 Å². The first-order valence-electron chi connectivity index (χ1n) is 8.59. The molecule has 0 unspecified atom stereocenters. The molecule has 1 N–H and O–H groups in total. The highest BCUT2D eigenvalue weighted by atomic mass is 16.5. The lowest BCUT2D eigenvalue weighted by Gasteiger charge is -2.17. The van der Waals surface area contributed by atoms with Crippen molar-refractivity contribution in [2.75, 3.05) is 12.4 Å². The lowest BCUT2D eigenvalue weighted by atomic mass is 10.0. The van der Waals surface area contributed by atoms with Gasteiger partial charge in [-0.3, -0.25) is 4.79 Å². The van der Waals surface area contributed by atoms with Gasteiger partial charge in [-0.2, -0.15) is 0 Å². The molecule has 0 aliphatic carbocycles. The summed E-state index contributed by atoms with van der Waals surface area (Å²) in [7, 11) is 1.54. The molecule has 0 heterocycles. The standard InChI is InChI=1S/C21H25NO4/c1-13(2)17-8-6-7-9-18(17)22-20(23)15(4)26-21(24)16-11-10-14(3)19(12-16)25-5/h6-13,15H,1-5H3,(H,22,23)/t15-/m0/s1. The van der Waals surface area contributed by atoms with E-state index in [1.807, 2.05) is 31.2 Å². The molecule has 1 atom stereocenters. The van der Waals surface area contributed by atoms with Gasteiger partial charge in [-0.25, -0.2) is 4.79 Å². The molecule has 138 valence electrons. The average molecular weight is 355 g/mol. The Bertz CT molecular complexity index is 798. The van der Waals surface area contributed by atoms with Crippen molar-refractivity contribution in [3.8, 4) is 5.75 Å². The van der Waals surface area contributed by atoms with E-state index in [2.05, 4.69) is 19.2 Å². The summed E-state index contributed by atoms with van der Waals surface area (Å²) < 4.78 is 10.5. The zero-order valence-corrected chi connectivity index (χ0v) is 15.8. The molecule has 0 saturated carbocycles. The quantitative estimate of drug-likeness (QED) is 0.784. The number of nitrogens with one attached hydrogen (secondary N) is 1. The van der Waals surface area contributed by atoms with Crippen LogP contribution in [0, 0.1) is 6.92 Å². The number of aryl methyl sites for hydroxylation is 1. The number of para-hydroxylation sites is 1. The molecule has 1 amide bonds. The molecule has 0 fully saturated rings. The Hall–Kier alpha value is -2.82. The highest BCUT2D eigenvalue weighted by molar-refractivity contribution is 5.98. The minimum Gasteiger partial charge on any atom is -0.496 e.